The summed E-state index contributed by atoms with van der Waals surface area (Å²) >= 11 is 0. The fraction of sp³-hybridized carbons (Fsp3) is 0.280. The van der Waals surface area contributed by atoms with Gasteiger partial charge in [0.1, 0.15) is 0 Å². The van der Waals surface area contributed by atoms with Gasteiger partial charge in [0, 0.05) is 42.9 Å². The molecule has 0 unspecified atom stereocenters. The molecule has 1 aliphatic heterocycles. The fourth-order valence-electron chi connectivity index (χ4n) is 4.18. The maximum absolute atomic E-state index is 14.4. The van der Waals surface area contributed by atoms with E-state index in [1.165, 1.54) is 13.0 Å². The number of aromatic nitrogens is 2. The van der Waals surface area contributed by atoms with Crippen LogP contribution in [0.3, 0.4) is 0 Å². The number of halogens is 1. The first-order valence-corrected chi connectivity index (χ1v) is 13.2. The summed E-state index contributed by atoms with van der Waals surface area (Å²) in [5.41, 5.74) is 1.91. The molecule has 0 atom stereocenters. The lowest BCUT2D eigenvalue weighted by Crippen LogP contribution is -2.39. The van der Waals surface area contributed by atoms with E-state index in [1.54, 1.807) is 48.2 Å². The van der Waals surface area contributed by atoms with Gasteiger partial charge in [-0.1, -0.05) is 6.07 Å². The minimum absolute atomic E-state index is 0.0174. The number of primary sulfonamides is 1. The number of nitrogens with two attached hydrogens (primary N) is 1. The minimum atomic E-state index is -3.92. The Balaban J connectivity index is 1.44. The van der Waals surface area contributed by atoms with Crippen molar-refractivity contribution >= 4 is 44.9 Å². The van der Waals surface area contributed by atoms with Gasteiger partial charge in [0.05, 0.1) is 11.1 Å². The maximum Gasteiger partial charge on any atom is 0.238 e. The molecule has 10 nitrogen and oxygen atoms in total. The number of amides is 1. The lowest BCUT2D eigenvalue weighted by atomic mass is 9.89. The van der Waals surface area contributed by atoms with Crippen molar-refractivity contribution < 1.29 is 22.4 Å². The summed E-state index contributed by atoms with van der Waals surface area (Å²) < 4.78 is 38.0. The van der Waals surface area contributed by atoms with E-state index in [4.69, 9.17) is 5.14 Å². The molecule has 194 valence electrons. The van der Waals surface area contributed by atoms with E-state index < -0.39 is 15.8 Å². The molecule has 1 aliphatic rings. The number of nitrogens with zero attached hydrogens (tertiary/aromatic N) is 3. The van der Waals surface area contributed by atoms with Crippen LogP contribution >= 0.6 is 0 Å². The van der Waals surface area contributed by atoms with Crippen LogP contribution < -0.4 is 15.8 Å². The molecule has 4 rings (SSSR count). The standard InChI is InChI=1S/C25H27FN6O4S/c1-15-3-6-20(13-22(15)37(27,35)36)30-25-28-14-21(26)24(31-25)29-19-7-4-17(5-8-19)23(34)18-9-11-32(12-10-18)16(2)33/h3-8,13-14,18H,9-12H2,1-2H3,(H2,27,35,36)(H2,28,29,30,31). The van der Waals surface area contributed by atoms with Crippen LogP contribution in [0.1, 0.15) is 35.7 Å². The first kappa shape index (κ1) is 26.2. The van der Waals surface area contributed by atoms with E-state index in [9.17, 15) is 22.4 Å². The highest BCUT2D eigenvalue weighted by molar-refractivity contribution is 7.89. The van der Waals surface area contributed by atoms with E-state index in [0.717, 1.165) is 6.20 Å². The molecule has 4 N–H and O–H groups in total. The summed E-state index contributed by atoms with van der Waals surface area (Å²) in [7, 11) is -3.92. The Labute approximate surface area is 214 Å². The zero-order chi connectivity index (χ0) is 26.7. The Kier molecular flexibility index (Phi) is 7.50. The van der Waals surface area contributed by atoms with E-state index in [-0.39, 0.29) is 34.3 Å². The number of hydrogen-bond donors (Lipinski definition) is 3. The number of piperidine rings is 1. The number of anilines is 4. The van der Waals surface area contributed by atoms with Gasteiger partial charge in [0.25, 0.3) is 0 Å². The number of benzene rings is 2. The molecule has 1 amide bonds. The van der Waals surface area contributed by atoms with Gasteiger partial charge < -0.3 is 15.5 Å². The lowest BCUT2D eigenvalue weighted by molar-refractivity contribution is -0.130. The number of hydrogen-bond acceptors (Lipinski definition) is 8. The normalized spacial score (nSPS) is 14.3. The Morgan fingerprint density at radius 3 is 2.32 bits per heavy atom. The summed E-state index contributed by atoms with van der Waals surface area (Å²) in [5, 5.41) is 11.0. The lowest BCUT2D eigenvalue weighted by Gasteiger charge is -2.30. The Morgan fingerprint density at radius 2 is 1.70 bits per heavy atom. The molecule has 0 bridgehead atoms. The largest absolute Gasteiger partial charge is 0.343 e. The van der Waals surface area contributed by atoms with Gasteiger partial charge in [-0.25, -0.2) is 22.9 Å². The van der Waals surface area contributed by atoms with Crippen LogP contribution in [0.5, 0.6) is 0 Å². The van der Waals surface area contributed by atoms with Gasteiger partial charge in [-0.2, -0.15) is 4.98 Å². The second kappa shape index (κ2) is 10.6. The number of sulfonamides is 1. The molecule has 0 saturated carbocycles. The topological polar surface area (TPSA) is 147 Å². The molecule has 1 saturated heterocycles. The van der Waals surface area contributed by atoms with E-state index in [2.05, 4.69) is 20.6 Å². The van der Waals surface area contributed by atoms with E-state index >= 15 is 0 Å². The Bertz CT molecular complexity index is 1440. The Hall–Kier alpha value is -3.90. The second-order valence-electron chi connectivity index (χ2n) is 8.89. The molecular weight excluding hydrogens is 499 g/mol. The van der Waals surface area contributed by atoms with Crippen LogP contribution in [-0.4, -0.2) is 48.1 Å². The predicted molar refractivity (Wildman–Crippen MR) is 137 cm³/mol. The van der Waals surface area contributed by atoms with Crippen molar-refractivity contribution in [3.05, 3.63) is 65.6 Å². The molecule has 12 heteroatoms. The molecule has 1 aromatic heterocycles. The number of likely N-dealkylation sites (tertiary alicyclic amines) is 1. The molecule has 0 spiro atoms. The summed E-state index contributed by atoms with van der Waals surface area (Å²) in [5.74, 6) is -0.866. The van der Waals surface area contributed by atoms with Crippen LogP contribution in [0.2, 0.25) is 0 Å². The molecule has 2 heterocycles. The third-order valence-electron chi connectivity index (χ3n) is 6.24. The average Bonchev–Trinajstić information content (AvgIpc) is 2.86. The summed E-state index contributed by atoms with van der Waals surface area (Å²) in [6.07, 6.45) is 2.23. The highest BCUT2D eigenvalue weighted by atomic mass is 32.2. The van der Waals surface area contributed by atoms with E-state index in [1.807, 2.05) is 0 Å². The van der Waals surface area contributed by atoms with Crippen molar-refractivity contribution in [3.63, 3.8) is 0 Å². The van der Waals surface area contributed by atoms with Gasteiger partial charge >= 0.3 is 0 Å². The number of ketones is 1. The first-order chi connectivity index (χ1) is 17.5. The van der Waals surface area contributed by atoms with Crippen molar-refractivity contribution in [2.45, 2.75) is 31.6 Å². The highest BCUT2D eigenvalue weighted by Crippen LogP contribution is 2.25. The molecular formula is C25H27FN6O4S. The third kappa shape index (κ3) is 6.27. The van der Waals surface area contributed by atoms with Gasteiger partial charge in [0.15, 0.2) is 17.4 Å². The zero-order valence-corrected chi connectivity index (χ0v) is 21.2. The number of carbonyl (C=O) groups excluding carboxylic acids is 2. The summed E-state index contributed by atoms with van der Waals surface area (Å²) in [4.78, 5) is 34.1. The van der Waals surface area contributed by atoms with Crippen molar-refractivity contribution in [1.29, 1.82) is 0 Å². The average molecular weight is 527 g/mol. The van der Waals surface area contributed by atoms with Gasteiger partial charge in [0.2, 0.25) is 21.9 Å². The molecule has 2 aromatic carbocycles. The van der Waals surface area contributed by atoms with Gasteiger partial charge in [-0.3, -0.25) is 9.59 Å². The monoisotopic (exact) mass is 526 g/mol. The van der Waals surface area contributed by atoms with Crippen LogP contribution in [0.15, 0.2) is 53.6 Å². The van der Waals surface area contributed by atoms with Crippen LogP contribution in [0.4, 0.5) is 27.5 Å². The smallest absolute Gasteiger partial charge is 0.238 e. The van der Waals surface area contributed by atoms with Crippen LogP contribution in [0.25, 0.3) is 0 Å². The fourth-order valence-corrected chi connectivity index (χ4v) is 4.98. The highest BCUT2D eigenvalue weighted by Gasteiger charge is 2.26. The quantitative estimate of drug-likeness (QED) is 0.396. The number of aryl methyl sites for hydroxylation is 1. The van der Waals surface area contributed by atoms with Crippen molar-refractivity contribution in [2.24, 2.45) is 11.1 Å². The minimum Gasteiger partial charge on any atom is -0.343 e. The second-order valence-corrected chi connectivity index (χ2v) is 10.4. The number of rotatable bonds is 7. The third-order valence-corrected chi connectivity index (χ3v) is 7.29. The van der Waals surface area contributed by atoms with Crippen molar-refractivity contribution in [3.8, 4) is 0 Å². The molecule has 1 fully saturated rings. The summed E-state index contributed by atoms with van der Waals surface area (Å²) in [6.45, 7) is 4.29. The number of Topliss-reactive ketones (excluding diaryl/α,β-unsaturated/α-hetero) is 1. The molecule has 37 heavy (non-hydrogen) atoms. The zero-order valence-electron chi connectivity index (χ0n) is 20.4. The van der Waals surface area contributed by atoms with Crippen molar-refractivity contribution in [1.82, 2.24) is 14.9 Å². The maximum atomic E-state index is 14.4. The first-order valence-electron chi connectivity index (χ1n) is 11.6. The van der Waals surface area contributed by atoms with Gasteiger partial charge in [-0.15, -0.1) is 0 Å². The number of nitrogens with one attached hydrogen (secondary N) is 2. The summed E-state index contributed by atoms with van der Waals surface area (Å²) in [6, 6.07) is 11.2. The van der Waals surface area contributed by atoms with Crippen LogP contribution in [-0.2, 0) is 14.8 Å². The van der Waals surface area contributed by atoms with E-state index in [0.29, 0.717) is 48.4 Å². The molecule has 0 radical (unpaired) electrons. The molecule has 3 aromatic rings. The molecule has 0 aliphatic carbocycles. The van der Waals surface area contributed by atoms with Gasteiger partial charge in [-0.05, 0) is 61.7 Å². The number of carbonyl (C=O) groups is 2. The predicted octanol–water partition coefficient (Wildman–Crippen LogP) is 3.50. The van der Waals surface area contributed by atoms with Crippen LogP contribution in [0, 0.1) is 18.7 Å². The van der Waals surface area contributed by atoms with Crippen molar-refractivity contribution in [2.75, 3.05) is 23.7 Å². The Morgan fingerprint density at radius 1 is 1.05 bits per heavy atom. The SMILES string of the molecule is CC(=O)N1CCC(C(=O)c2ccc(Nc3nc(Nc4ccc(C)c(S(N)(=O)=O)c4)ncc3F)cc2)CC1.